The van der Waals surface area contributed by atoms with Crippen molar-refractivity contribution in [2.24, 2.45) is 0 Å². The third-order valence-corrected chi connectivity index (χ3v) is 3.50. The number of hydrogen-bond acceptors (Lipinski definition) is 3. The summed E-state index contributed by atoms with van der Waals surface area (Å²) in [6.07, 6.45) is 1.32. The van der Waals surface area contributed by atoms with Gasteiger partial charge in [-0.25, -0.2) is 0 Å². The fraction of sp³-hybridized carbons (Fsp3) is 0.467. The SMILES string of the molecule is CCCC(=O)NCCN1Cc2cc(Cl)ccc2OCC1=O. The van der Waals surface area contributed by atoms with E-state index in [1.54, 1.807) is 23.1 Å². The van der Waals surface area contributed by atoms with Gasteiger partial charge in [0, 0.05) is 36.6 Å². The number of nitrogens with zero attached hydrogens (tertiary/aromatic N) is 1. The number of amides is 2. The van der Waals surface area contributed by atoms with Gasteiger partial charge >= 0.3 is 0 Å². The van der Waals surface area contributed by atoms with Crippen molar-refractivity contribution in [3.63, 3.8) is 0 Å². The third-order valence-electron chi connectivity index (χ3n) is 3.27. The minimum absolute atomic E-state index is 0.0114. The normalized spacial score (nSPS) is 14.2. The van der Waals surface area contributed by atoms with Gasteiger partial charge in [0.25, 0.3) is 5.91 Å². The van der Waals surface area contributed by atoms with E-state index in [4.69, 9.17) is 16.3 Å². The third kappa shape index (κ3) is 4.36. The largest absolute Gasteiger partial charge is 0.483 e. The van der Waals surface area contributed by atoms with Crippen molar-refractivity contribution in [2.75, 3.05) is 19.7 Å². The molecule has 2 amide bonds. The zero-order chi connectivity index (χ0) is 15.2. The van der Waals surface area contributed by atoms with E-state index in [9.17, 15) is 9.59 Å². The Morgan fingerprint density at radius 2 is 2.29 bits per heavy atom. The first-order valence-corrected chi connectivity index (χ1v) is 7.43. The monoisotopic (exact) mass is 310 g/mol. The minimum Gasteiger partial charge on any atom is -0.483 e. The molecule has 0 unspecified atom stereocenters. The second kappa shape index (κ2) is 7.31. The molecular formula is C15H19ClN2O3. The minimum atomic E-state index is -0.0907. The van der Waals surface area contributed by atoms with Gasteiger partial charge in [-0.2, -0.15) is 0 Å². The molecule has 2 rings (SSSR count). The Morgan fingerprint density at radius 3 is 3.05 bits per heavy atom. The quantitative estimate of drug-likeness (QED) is 0.904. The molecule has 0 atom stereocenters. The van der Waals surface area contributed by atoms with Crippen LogP contribution in [0.25, 0.3) is 0 Å². The predicted molar refractivity (Wildman–Crippen MR) is 80.3 cm³/mol. The van der Waals surface area contributed by atoms with Crippen LogP contribution in [0.5, 0.6) is 5.75 Å². The Bertz CT molecular complexity index is 534. The molecule has 0 bridgehead atoms. The van der Waals surface area contributed by atoms with Gasteiger partial charge in [-0.3, -0.25) is 9.59 Å². The Hall–Kier alpha value is -1.75. The average Bonchev–Trinajstić information content (AvgIpc) is 2.59. The first-order chi connectivity index (χ1) is 10.1. The molecule has 1 heterocycles. The molecule has 1 aromatic carbocycles. The van der Waals surface area contributed by atoms with Crippen LogP contribution >= 0.6 is 11.6 Å². The molecule has 1 aliphatic heterocycles. The summed E-state index contributed by atoms with van der Waals surface area (Å²) < 4.78 is 5.47. The van der Waals surface area contributed by atoms with Crippen molar-refractivity contribution in [1.82, 2.24) is 10.2 Å². The summed E-state index contributed by atoms with van der Waals surface area (Å²) in [6.45, 7) is 3.32. The lowest BCUT2D eigenvalue weighted by atomic mass is 10.2. The van der Waals surface area contributed by atoms with E-state index in [0.717, 1.165) is 12.0 Å². The summed E-state index contributed by atoms with van der Waals surface area (Å²) >= 11 is 5.98. The smallest absolute Gasteiger partial charge is 0.260 e. The summed E-state index contributed by atoms with van der Waals surface area (Å²) in [5.41, 5.74) is 0.883. The van der Waals surface area contributed by atoms with Crippen molar-refractivity contribution in [3.05, 3.63) is 28.8 Å². The molecule has 0 radical (unpaired) electrons. The summed E-state index contributed by atoms with van der Waals surface area (Å²) in [5, 5.41) is 3.42. The zero-order valence-electron chi connectivity index (χ0n) is 12.0. The molecule has 1 aromatic rings. The fourth-order valence-electron chi connectivity index (χ4n) is 2.19. The zero-order valence-corrected chi connectivity index (χ0v) is 12.8. The summed E-state index contributed by atoms with van der Waals surface area (Å²) in [7, 11) is 0. The predicted octanol–water partition coefficient (Wildman–Crippen LogP) is 1.98. The lowest BCUT2D eigenvalue weighted by Gasteiger charge is -2.20. The van der Waals surface area contributed by atoms with Gasteiger partial charge in [0.1, 0.15) is 5.75 Å². The number of ether oxygens (including phenoxy) is 1. The van der Waals surface area contributed by atoms with Crippen LogP contribution in [0.15, 0.2) is 18.2 Å². The molecule has 0 aliphatic carbocycles. The van der Waals surface area contributed by atoms with Crippen LogP contribution in [-0.2, 0) is 16.1 Å². The number of carbonyl (C=O) groups is 2. The molecule has 0 saturated heterocycles. The second-order valence-electron chi connectivity index (χ2n) is 4.96. The number of fused-ring (bicyclic) bond motifs is 1. The number of carbonyl (C=O) groups excluding carboxylic acids is 2. The number of rotatable bonds is 5. The molecule has 0 saturated carbocycles. The van der Waals surface area contributed by atoms with Gasteiger partial charge < -0.3 is 15.0 Å². The summed E-state index contributed by atoms with van der Waals surface area (Å²) in [6, 6.07) is 5.32. The molecule has 1 aliphatic rings. The van der Waals surface area contributed by atoms with E-state index in [-0.39, 0.29) is 18.4 Å². The Kier molecular flexibility index (Phi) is 5.44. The van der Waals surface area contributed by atoms with Crippen LogP contribution < -0.4 is 10.1 Å². The second-order valence-corrected chi connectivity index (χ2v) is 5.39. The Balaban J connectivity index is 1.96. The van der Waals surface area contributed by atoms with Gasteiger partial charge in [-0.05, 0) is 24.6 Å². The maximum absolute atomic E-state index is 12.0. The molecule has 0 aromatic heterocycles. The molecule has 0 spiro atoms. The van der Waals surface area contributed by atoms with E-state index in [1.807, 2.05) is 6.92 Å². The van der Waals surface area contributed by atoms with Gasteiger partial charge in [0.2, 0.25) is 5.91 Å². The molecule has 0 fully saturated rings. The van der Waals surface area contributed by atoms with E-state index in [1.165, 1.54) is 0 Å². The lowest BCUT2D eigenvalue weighted by molar-refractivity contribution is -0.133. The van der Waals surface area contributed by atoms with Gasteiger partial charge in [-0.15, -0.1) is 0 Å². The van der Waals surface area contributed by atoms with E-state index in [2.05, 4.69) is 5.32 Å². The number of hydrogen-bond donors (Lipinski definition) is 1. The van der Waals surface area contributed by atoms with Crippen molar-refractivity contribution < 1.29 is 14.3 Å². The number of nitrogens with one attached hydrogen (secondary N) is 1. The molecule has 5 nitrogen and oxygen atoms in total. The average molecular weight is 311 g/mol. The van der Waals surface area contributed by atoms with E-state index >= 15 is 0 Å². The van der Waals surface area contributed by atoms with Crippen LogP contribution in [0.1, 0.15) is 25.3 Å². The molecule has 1 N–H and O–H groups in total. The van der Waals surface area contributed by atoms with Crippen molar-refractivity contribution in [1.29, 1.82) is 0 Å². The maximum Gasteiger partial charge on any atom is 0.260 e. The van der Waals surface area contributed by atoms with Gasteiger partial charge in [-0.1, -0.05) is 18.5 Å². The highest BCUT2D eigenvalue weighted by molar-refractivity contribution is 6.30. The van der Waals surface area contributed by atoms with Crippen LogP contribution in [0.2, 0.25) is 5.02 Å². The first-order valence-electron chi connectivity index (χ1n) is 7.06. The van der Waals surface area contributed by atoms with Gasteiger partial charge in [0.15, 0.2) is 6.61 Å². The topological polar surface area (TPSA) is 58.6 Å². The first kappa shape index (κ1) is 15.6. The fourth-order valence-corrected chi connectivity index (χ4v) is 2.38. The highest BCUT2D eigenvalue weighted by Gasteiger charge is 2.21. The molecule has 21 heavy (non-hydrogen) atoms. The molecule has 114 valence electrons. The highest BCUT2D eigenvalue weighted by atomic mass is 35.5. The maximum atomic E-state index is 12.0. The van der Waals surface area contributed by atoms with Crippen LogP contribution in [0.4, 0.5) is 0 Å². The van der Waals surface area contributed by atoms with Crippen LogP contribution in [-0.4, -0.2) is 36.4 Å². The standard InChI is InChI=1S/C15H19ClN2O3/c1-2-3-14(19)17-6-7-18-9-11-8-12(16)4-5-13(11)21-10-15(18)20/h4-5,8H,2-3,6-7,9-10H2,1H3,(H,17,19). The summed E-state index contributed by atoms with van der Waals surface area (Å²) in [5.74, 6) is 0.608. The number of benzene rings is 1. The van der Waals surface area contributed by atoms with Crippen molar-refractivity contribution in [2.45, 2.75) is 26.3 Å². The van der Waals surface area contributed by atoms with E-state index in [0.29, 0.717) is 36.8 Å². The Labute approximate surface area is 129 Å². The lowest BCUT2D eigenvalue weighted by Crippen LogP contribution is -2.39. The summed E-state index contributed by atoms with van der Waals surface area (Å²) in [4.78, 5) is 25.1. The Morgan fingerprint density at radius 1 is 1.48 bits per heavy atom. The van der Waals surface area contributed by atoms with E-state index < -0.39 is 0 Å². The van der Waals surface area contributed by atoms with Crippen LogP contribution in [0, 0.1) is 0 Å². The van der Waals surface area contributed by atoms with Crippen molar-refractivity contribution >= 4 is 23.4 Å². The molecular weight excluding hydrogens is 292 g/mol. The van der Waals surface area contributed by atoms with Crippen molar-refractivity contribution in [3.8, 4) is 5.75 Å². The number of halogens is 1. The highest BCUT2D eigenvalue weighted by Crippen LogP contribution is 2.26. The molecule has 6 heteroatoms. The van der Waals surface area contributed by atoms with Gasteiger partial charge in [0.05, 0.1) is 0 Å². The van der Waals surface area contributed by atoms with Crippen LogP contribution in [0.3, 0.4) is 0 Å².